The summed E-state index contributed by atoms with van der Waals surface area (Å²) in [5, 5.41) is 1.22. The van der Waals surface area contributed by atoms with Crippen LogP contribution in [0, 0.1) is 0 Å². The minimum atomic E-state index is -0.0910. The van der Waals surface area contributed by atoms with Crippen LogP contribution in [-0.4, -0.2) is 4.57 Å². The first-order chi connectivity index (χ1) is 22.9. The highest BCUT2D eigenvalue weighted by molar-refractivity contribution is 5.95. The predicted octanol–water partition coefficient (Wildman–Crippen LogP) is 13.6. The average molecular weight is 616 g/mol. The molecule has 1 aliphatic carbocycles. The van der Waals surface area contributed by atoms with Crippen molar-refractivity contribution in [3.63, 3.8) is 0 Å². The third-order valence-electron chi connectivity index (χ3n) is 9.29. The van der Waals surface area contributed by atoms with Gasteiger partial charge in [-0.05, 0) is 99.8 Å². The van der Waals surface area contributed by atoms with Gasteiger partial charge in [0.15, 0.2) is 0 Å². The first-order valence-corrected chi connectivity index (χ1v) is 17.3. The van der Waals surface area contributed by atoms with Gasteiger partial charge in [0, 0.05) is 22.1 Å². The normalized spacial score (nSPS) is 12.5. The lowest BCUT2D eigenvalue weighted by molar-refractivity contribution is 0.661. The summed E-state index contributed by atoms with van der Waals surface area (Å²) in [5.74, 6) is 0. The van der Waals surface area contributed by atoms with E-state index in [1.165, 1.54) is 61.0 Å². The van der Waals surface area contributed by atoms with Gasteiger partial charge in [-0.2, -0.15) is 0 Å². The molecule has 0 aliphatic heterocycles. The van der Waals surface area contributed by atoms with E-state index in [4.69, 9.17) is 0 Å². The molecular weight excluding hydrogens is 567 g/mol. The van der Waals surface area contributed by atoms with Crippen molar-refractivity contribution in [3.05, 3.63) is 150 Å². The second-order valence-corrected chi connectivity index (χ2v) is 12.1. The number of nitrogens with zero attached hydrogens (tertiary/aromatic N) is 1. The van der Waals surface area contributed by atoms with Crippen LogP contribution in [-0.2, 0) is 11.8 Å². The second-order valence-electron chi connectivity index (χ2n) is 12.1. The van der Waals surface area contributed by atoms with E-state index >= 15 is 0 Å². The van der Waals surface area contributed by atoms with E-state index in [1.807, 2.05) is 33.8 Å². The summed E-state index contributed by atoms with van der Waals surface area (Å²) in [7, 11) is 0. The van der Waals surface area contributed by atoms with E-state index in [2.05, 4.69) is 160 Å². The third kappa shape index (κ3) is 5.92. The number of para-hydroxylation sites is 1. The van der Waals surface area contributed by atoms with Crippen LogP contribution in [0.5, 0.6) is 0 Å². The Labute approximate surface area is 282 Å². The van der Waals surface area contributed by atoms with Crippen molar-refractivity contribution in [2.24, 2.45) is 0 Å². The molecule has 1 nitrogen and oxygen atoms in total. The summed E-state index contributed by atoms with van der Waals surface area (Å²) in [6, 6.07) is 40.6. The molecular formula is C46H49N. The summed E-state index contributed by atoms with van der Waals surface area (Å²) in [6.45, 7) is 21.2. The number of benzene rings is 5. The van der Waals surface area contributed by atoms with E-state index in [0.717, 1.165) is 23.4 Å². The monoisotopic (exact) mass is 615 g/mol. The maximum atomic E-state index is 4.14. The quantitative estimate of drug-likeness (QED) is 0.176. The van der Waals surface area contributed by atoms with E-state index in [-0.39, 0.29) is 5.41 Å². The molecule has 0 saturated carbocycles. The van der Waals surface area contributed by atoms with Crippen LogP contribution < -0.4 is 0 Å². The molecule has 7 rings (SSSR count). The van der Waals surface area contributed by atoms with Gasteiger partial charge in [-0.15, -0.1) is 0 Å². The minimum Gasteiger partial charge on any atom is -0.309 e. The van der Waals surface area contributed by atoms with Gasteiger partial charge in [-0.25, -0.2) is 0 Å². The van der Waals surface area contributed by atoms with Gasteiger partial charge < -0.3 is 4.57 Å². The SMILES string of the molecule is C=Cc1c(/C=C\C)n(-c2cccc(-c3ccc4c(c3)C(C)(C)c3cc(-c5ccc(CC)cc5)ccc3-4)c2)c2ccccc12.CC.CC. The van der Waals surface area contributed by atoms with Gasteiger partial charge in [0.1, 0.15) is 0 Å². The molecule has 238 valence electrons. The zero-order valence-corrected chi connectivity index (χ0v) is 29.5. The topological polar surface area (TPSA) is 4.93 Å². The molecule has 0 spiro atoms. The highest BCUT2D eigenvalue weighted by Crippen LogP contribution is 2.50. The summed E-state index contributed by atoms with van der Waals surface area (Å²) in [6.07, 6.45) is 7.33. The molecule has 0 atom stereocenters. The highest BCUT2D eigenvalue weighted by Gasteiger charge is 2.35. The fourth-order valence-electron chi connectivity index (χ4n) is 6.95. The van der Waals surface area contributed by atoms with Crippen molar-refractivity contribution in [2.45, 2.75) is 67.2 Å². The Hall–Kier alpha value is -4.88. The van der Waals surface area contributed by atoms with Crippen molar-refractivity contribution < 1.29 is 0 Å². The largest absolute Gasteiger partial charge is 0.309 e. The van der Waals surface area contributed by atoms with Crippen LogP contribution in [0.15, 0.2) is 122 Å². The van der Waals surface area contributed by atoms with Crippen LogP contribution in [0.25, 0.3) is 62.1 Å². The lowest BCUT2D eigenvalue weighted by Crippen LogP contribution is -2.15. The number of allylic oxidation sites excluding steroid dienone is 1. The Morgan fingerprint density at radius 2 is 1.23 bits per heavy atom. The first-order valence-electron chi connectivity index (χ1n) is 17.3. The number of aryl methyl sites for hydroxylation is 1. The number of hydrogen-bond acceptors (Lipinski definition) is 0. The van der Waals surface area contributed by atoms with Gasteiger partial charge in [0.05, 0.1) is 11.2 Å². The third-order valence-corrected chi connectivity index (χ3v) is 9.29. The molecule has 6 aromatic rings. The van der Waals surface area contributed by atoms with Gasteiger partial charge in [-0.1, -0.05) is 146 Å². The Morgan fingerprint density at radius 1 is 0.660 bits per heavy atom. The smallest absolute Gasteiger partial charge is 0.0541 e. The summed E-state index contributed by atoms with van der Waals surface area (Å²) >= 11 is 0. The van der Waals surface area contributed by atoms with Crippen molar-refractivity contribution in [1.82, 2.24) is 4.57 Å². The van der Waals surface area contributed by atoms with Crippen molar-refractivity contribution in [2.75, 3.05) is 0 Å². The fraction of sp³-hybridized carbons (Fsp3) is 0.217. The summed E-state index contributed by atoms with van der Waals surface area (Å²) in [4.78, 5) is 0. The van der Waals surface area contributed by atoms with Crippen molar-refractivity contribution in [3.8, 4) is 39.1 Å². The molecule has 5 aromatic carbocycles. The second kappa shape index (κ2) is 14.3. The molecule has 0 amide bonds. The molecule has 47 heavy (non-hydrogen) atoms. The Kier molecular flexibility index (Phi) is 10.2. The van der Waals surface area contributed by atoms with Gasteiger partial charge >= 0.3 is 0 Å². The van der Waals surface area contributed by atoms with Crippen molar-refractivity contribution >= 4 is 23.1 Å². The molecule has 0 radical (unpaired) electrons. The van der Waals surface area contributed by atoms with Crippen LogP contribution in [0.1, 0.15) is 83.3 Å². The van der Waals surface area contributed by atoms with Gasteiger partial charge in [-0.3, -0.25) is 0 Å². The van der Waals surface area contributed by atoms with Crippen LogP contribution in [0.3, 0.4) is 0 Å². The summed E-state index contributed by atoms with van der Waals surface area (Å²) in [5.41, 5.74) is 16.4. The van der Waals surface area contributed by atoms with Gasteiger partial charge in [0.25, 0.3) is 0 Å². The van der Waals surface area contributed by atoms with Crippen molar-refractivity contribution in [1.29, 1.82) is 0 Å². The van der Waals surface area contributed by atoms with E-state index in [0.29, 0.717) is 0 Å². The number of hydrogen-bond donors (Lipinski definition) is 0. The lowest BCUT2D eigenvalue weighted by atomic mass is 9.81. The lowest BCUT2D eigenvalue weighted by Gasteiger charge is -2.23. The molecule has 0 N–H and O–H groups in total. The zero-order valence-electron chi connectivity index (χ0n) is 29.5. The Balaban J connectivity index is 0.00000105. The molecule has 0 bridgehead atoms. The molecule has 1 aromatic heterocycles. The molecule has 0 saturated heterocycles. The maximum absolute atomic E-state index is 4.14. The van der Waals surface area contributed by atoms with Crippen LogP contribution >= 0.6 is 0 Å². The zero-order chi connectivity index (χ0) is 33.7. The number of rotatable bonds is 6. The van der Waals surface area contributed by atoms with Crippen LogP contribution in [0.4, 0.5) is 0 Å². The maximum Gasteiger partial charge on any atom is 0.0541 e. The molecule has 1 heteroatoms. The predicted molar refractivity (Wildman–Crippen MR) is 209 cm³/mol. The van der Waals surface area contributed by atoms with E-state index in [1.54, 1.807) is 0 Å². The minimum absolute atomic E-state index is 0.0910. The number of aromatic nitrogens is 1. The van der Waals surface area contributed by atoms with Crippen LogP contribution in [0.2, 0.25) is 0 Å². The molecule has 0 unspecified atom stereocenters. The fourth-order valence-corrected chi connectivity index (χ4v) is 6.95. The van der Waals surface area contributed by atoms with Gasteiger partial charge in [0.2, 0.25) is 0 Å². The molecule has 1 heterocycles. The molecule has 1 aliphatic rings. The Morgan fingerprint density at radius 3 is 1.83 bits per heavy atom. The average Bonchev–Trinajstić information content (AvgIpc) is 3.57. The number of fused-ring (bicyclic) bond motifs is 4. The Bertz CT molecular complexity index is 2050. The summed E-state index contributed by atoms with van der Waals surface area (Å²) < 4.78 is 2.36. The molecule has 0 fully saturated rings. The highest BCUT2D eigenvalue weighted by atomic mass is 15.0. The first kappa shape index (κ1) is 33.5. The standard InChI is InChI=1S/C42H37N.2C2H6/c1-6-12-40-34(8-3)37-15-9-10-16-41(37)43(40)33-14-11-13-30(25-33)32-22-24-36-35-23-21-31(29-19-17-28(7-2)18-20-29)26-38(35)42(4,5)39(36)27-32;2*1-2/h6,8-27H,3,7H2,1-2,4-5H3;2*1-2H3/b12-6-;;. The van der Waals surface area contributed by atoms with E-state index in [9.17, 15) is 0 Å². The van der Waals surface area contributed by atoms with E-state index < -0.39 is 0 Å².